The minimum atomic E-state index is -0.784. The number of anilines is 1. The Morgan fingerprint density at radius 3 is 2.52 bits per heavy atom. The van der Waals surface area contributed by atoms with Crippen LogP contribution in [0.2, 0.25) is 5.02 Å². The maximum Gasteiger partial charge on any atom is 0.338 e. The van der Waals surface area contributed by atoms with Crippen molar-refractivity contribution in [2.45, 2.75) is 6.92 Å². The van der Waals surface area contributed by atoms with Gasteiger partial charge in [0.05, 0.1) is 17.7 Å². The van der Waals surface area contributed by atoms with Gasteiger partial charge >= 0.3 is 5.97 Å². The van der Waals surface area contributed by atoms with Crippen LogP contribution in [-0.4, -0.2) is 38.1 Å². The summed E-state index contributed by atoms with van der Waals surface area (Å²) in [6.07, 6.45) is 0. The number of hydrogen-bond donors (Lipinski definition) is 2. The zero-order valence-corrected chi connectivity index (χ0v) is 17.9. The summed E-state index contributed by atoms with van der Waals surface area (Å²) in [5.41, 5.74) is 6.60. The maximum atomic E-state index is 12.3. The summed E-state index contributed by atoms with van der Waals surface area (Å²) in [4.78, 5) is 35.2. The van der Waals surface area contributed by atoms with Gasteiger partial charge in [-0.1, -0.05) is 27.5 Å². The minimum Gasteiger partial charge on any atom is -0.493 e. The van der Waals surface area contributed by atoms with E-state index in [-0.39, 0.29) is 22.1 Å². The predicted octanol–water partition coefficient (Wildman–Crippen LogP) is 3.08. The summed E-state index contributed by atoms with van der Waals surface area (Å²) in [5, 5.41) is 2.66. The summed E-state index contributed by atoms with van der Waals surface area (Å²) in [6.45, 7) is 0.983. The molecule has 0 aliphatic rings. The third-order valence-electron chi connectivity index (χ3n) is 3.60. The normalized spacial score (nSPS) is 10.2. The Balaban J connectivity index is 2.02. The maximum absolute atomic E-state index is 12.3. The van der Waals surface area contributed by atoms with E-state index in [1.165, 1.54) is 19.2 Å². The van der Waals surface area contributed by atoms with E-state index in [9.17, 15) is 14.4 Å². The number of nitrogens with one attached hydrogen (secondary N) is 1. The highest BCUT2D eigenvalue weighted by Gasteiger charge is 2.18. The molecule has 0 aliphatic carbocycles. The van der Waals surface area contributed by atoms with E-state index in [0.29, 0.717) is 5.69 Å². The van der Waals surface area contributed by atoms with Crippen molar-refractivity contribution in [1.82, 2.24) is 0 Å². The van der Waals surface area contributed by atoms with Crippen LogP contribution in [-0.2, 0) is 14.3 Å². The highest BCUT2D eigenvalue weighted by Crippen LogP contribution is 2.36. The first kappa shape index (κ1) is 22.5. The molecule has 154 valence electrons. The Kier molecular flexibility index (Phi) is 7.86. The van der Waals surface area contributed by atoms with E-state index in [2.05, 4.69) is 21.2 Å². The molecule has 0 aromatic heterocycles. The number of rotatable bonds is 8. The number of methoxy groups -OCH3 is 1. The monoisotopic (exact) mass is 484 g/mol. The van der Waals surface area contributed by atoms with Crippen LogP contribution in [0, 0.1) is 6.92 Å². The number of esters is 1. The van der Waals surface area contributed by atoms with Crippen LogP contribution in [0.4, 0.5) is 5.69 Å². The lowest BCUT2D eigenvalue weighted by Crippen LogP contribution is -2.21. The second-order valence-corrected chi connectivity index (χ2v) is 7.09. The van der Waals surface area contributed by atoms with Crippen LogP contribution in [0.5, 0.6) is 11.5 Å². The number of halogens is 2. The number of benzene rings is 2. The van der Waals surface area contributed by atoms with Crippen molar-refractivity contribution >= 4 is 51.0 Å². The van der Waals surface area contributed by atoms with Crippen LogP contribution in [0.1, 0.15) is 15.9 Å². The molecule has 0 bridgehead atoms. The second-order valence-electron chi connectivity index (χ2n) is 5.83. The molecule has 0 heterocycles. The van der Waals surface area contributed by atoms with E-state index >= 15 is 0 Å². The van der Waals surface area contributed by atoms with E-state index in [1.54, 1.807) is 18.2 Å². The first-order chi connectivity index (χ1) is 13.7. The molecule has 3 N–H and O–H groups in total. The number of aryl methyl sites for hydroxylation is 1. The van der Waals surface area contributed by atoms with Crippen molar-refractivity contribution in [1.29, 1.82) is 0 Å². The predicted molar refractivity (Wildman–Crippen MR) is 110 cm³/mol. The average Bonchev–Trinajstić information content (AvgIpc) is 2.67. The number of carbonyl (C=O) groups excluding carboxylic acids is 3. The van der Waals surface area contributed by atoms with Crippen LogP contribution in [0.3, 0.4) is 0 Å². The molecule has 0 radical (unpaired) electrons. The summed E-state index contributed by atoms with van der Waals surface area (Å²) >= 11 is 9.47. The van der Waals surface area contributed by atoms with Gasteiger partial charge in [0.1, 0.15) is 0 Å². The second kappa shape index (κ2) is 10.1. The molecule has 0 unspecified atom stereocenters. The molecule has 8 nitrogen and oxygen atoms in total. The molecule has 2 rings (SSSR count). The van der Waals surface area contributed by atoms with E-state index in [1.807, 2.05) is 6.92 Å². The fourth-order valence-electron chi connectivity index (χ4n) is 2.26. The van der Waals surface area contributed by atoms with Gasteiger partial charge in [0.2, 0.25) is 0 Å². The lowest BCUT2D eigenvalue weighted by Gasteiger charge is -2.13. The molecule has 0 saturated carbocycles. The molecule has 0 fully saturated rings. The number of carbonyl (C=O) groups is 3. The van der Waals surface area contributed by atoms with Crippen molar-refractivity contribution in [3.05, 3.63) is 51.0 Å². The van der Waals surface area contributed by atoms with E-state index < -0.39 is 31.0 Å². The van der Waals surface area contributed by atoms with Crippen molar-refractivity contribution < 1.29 is 28.6 Å². The van der Waals surface area contributed by atoms with Crippen molar-refractivity contribution in [3.63, 3.8) is 0 Å². The molecule has 0 saturated heterocycles. The van der Waals surface area contributed by atoms with Gasteiger partial charge in [-0.05, 0) is 42.8 Å². The summed E-state index contributed by atoms with van der Waals surface area (Å²) in [7, 11) is 1.34. The fraction of sp³-hybridized carbons (Fsp3) is 0.211. The molecular weight excluding hydrogens is 468 g/mol. The lowest BCUT2D eigenvalue weighted by atomic mass is 10.2. The zero-order valence-electron chi connectivity index (χ0n) is 15.6. The highest BCUT2D eigenvalue weighted by atomic mass is 79.9. The molecule has 0 atom stereocenters. The van der Waals surface area contributed by atoms with Gasteiger partial charge in [-0.25, -0.2) is 4.79 Å². The Labute approximate surface area is 180 Å². The summed E-state index contributed by atoms with van der Waals surface area (Å²) < 4.78 is 16.2. The Morgan fingerprint density at radius 2 is 1.90 bits per heavy atom. The third-order valence-corrected chi connectivity index (χ3v) is 4.77. The molecule has 2 amide bonds. The number of hydrogen-bond acceptors (Lipinski definition) is 6. The smallest absolute Gasteiger partial charge is 0.338 e. The van der Waals surface area contributed by atoms with Gasteiger partial charge in [-0.15, -0.1) is 0 Å². The van der Waals surface area contributed by atoms with Crippen molar-refractivity contribution in [2.75, 3.05) is 25.6 Å². The average molecular weight is 486 g/mol. The van der Waals surface area contributed by atoms with Crippen LogP contribution >= 0.6 is 27.5 Å². The molecule has 29 heavy (non-hydrogen) atoms. The van der Waals surface area contributed by atoms with Crippen LogP contribution in [0.25, 0.3) is 0 Å². The van der Waals surface area contributed by atoms with Gasteiger partial charge in [0.25, 0.3) is 11.8 Å². The Morgan fingerprint density at radius 1 is 1.17 bits per heavy atom. The number of ether oxygens (including phenoxy) is 3. The first-order valence-corrected chi connectivity index (χ1v) is 9.40. The topological polar surface area (TPSA) is 117 Å². The fourth-order valence-corrected chi connectivity index (χ4v) is 2.77. The SMILES string of the molecule is COc1cc(C(=O)OCC(=O)Nc2ccc(Br)c(C)c2)cc(Cl)c1OCC(N)=O. The lowest BCUT2D eigenvalue weighted by molar-refractivity contribution is -0.120. The number of primary amides is 1. The Hall–Kier alpha value is -2.78. The summed E-state index contributed by atoms with van der Waals surface area (Å²) in [6, 6.07) is 7.89. The number of amides is 2. The molecule has 2 aromatic carbocycles. The highest BCUT2D eigenvalue weighted by molar-refractivity contribution is 9.10. The van der Waals surface area contributed by atoms with Gasteiger partial charge < -0.3 is 25.3 Å². The Bertz CT molecular complexity index is 951. The van der Waals surface area contributed by atoms with Crippen LogP contribution < -0.4 is 20.5 Å². The quantitative estimate of drug-likeness (QED) is 0.555. The first-order valence-electron chi connectivity index (χ1n) is 8.23. The molecule has 0 spiro atoms. The molecule has 10 heteroatoms. The minimum absolute atomic E-state index is 0.0207. The third kappa shape index (κ3) is 6.37. The van der Waals surface area contributed by atoms with Crippen LogP contribution in [0.15, 0.2) is 34.8 Å². The molecular formula is C19H18BrClN2O6. The summed E-state index contributed by atoms with van der Waals surface area (Å²) in [5.74, 6) is -1.81. The van der Waals surface area contributed by atoms with Gasteiger partial charge in [0.15, 0.2) is 24.7 Å². The largest absolute Gasteiger partial charge is 0.493 e. The van der Waals surface area contributed by atoms with Gasteiger partial charge in [-0.3, -0.25) is 9.59 Å². The van der Waals surface area contributed by atoms with E-state index in [4.69, 9.17) is 31.5 Å². The van der Waals surface area contributed by atoms with Crippen molar-refractivity contribution in [2.24, 2.45) is 5.73 Å². The zero-order chi connectivity index (χ0) is 21.6. The van der Waals surface area contributed by atoms with Gasteiger partial charge in [0, 0.05) is 10.2 Å². The molecule has 2 aromatic rings. The van der Waals surface area contributed by atoms with Crippen molar-refractivity contribution in [3.8, 4) is 11.5 Å². The van der Waals surface area contributed by atoms with Gasteiger partial charge in [-0.2, -0.15) is 0 Å². The standard InChI is InChI=1S/C19H18BrClN2O6/c1-10-5-12(3-4-13(10)20)23-17(25)9-29-19(26)11-6-14(21)18(15(7-11)27-2)28-8-16(22)24/h3-7H,8-9H2,1-2H3,(H2,22,24)(H,23,25). The van der Waals surface area contributed by atoms with E-state index in [0.717, 1.165) is 10.0 Å². The molecule has 0 aliphatic heterocycles. The number of nitrogens with two attached hydrogens (primary N) is 1.